The summed E-state index contributed by atoms with van der Waals surface area (Å²) >= 11 is 0. The van der Waals surface area contributed by atoms with E-state index in [9.17, 15) is 5.11 Å². The van der Waals surface area contributed by atoms with Crippen molar-refractivity contribution in [2.24, 2.45) is 0 Å². The van der Waals surface area contributed by atoms with E-state index in [-0.39, 0.29) is 6.61 Å². The largest absolute Gasteiger partial charge is 0.391 e. The predicted molar refractivity (Wildman–Crippen MR) is 36.0 cm³/mol. The van der Waals surface area contributed by atoms with E-state index in [1.54, 1.807) is 0 Å². The number of aliphatic hydroxyl groups is 5. The molecule has 1 unspecified atom stereocenters. The Labute approximate surface area is 68.6 Å². The Kier molecular flexibility index (Phi) is 2.67. The van der Waals surface area contributed by atoms with Gasteiger partial charge in [0.05, 0.1) is 13.2 Å². The summed E-state index contributed by atoms with van der Waals surface area (Å²) in [4.78, 5) is 0. The number of aliphatic hydroxyl groups excluding tert-OH is 4. The molecule has 0 aliphatic carbocycles. The number of hydrogen-bond donors (Lipinski definition) is 5. The van der Waals surface area contributed by atoms with E-state index >= 15 is 0 Å². The minimum Gasteiger partial charge on any atom is -0.391 e. The van der Waals surface area contributed by atoms with Crippen LogP contribution >= 0.6 is 0 Å². The average Bonchev–Trinajstić information content (AvgIpc) is 2.09. The van der Waals surface area contributed by atoms with Crippen molar-refractivity contribution in [2.75, 3.05) is 13.2 Å². The van der Waals surface area contributed by atoms with E-state index in [2.05, 4.69) is 4.74 Å². The molecule has 1 rings (SSSR count). The zero-order valence-corrected chi connectivity index (χ0v) is 6.29. The lowest BCUT2D eigenvalue weighted by molar-refractivity contribution is -0.331. The Balaban J connectivity index is 2.71. The minimum atomic E-state index is -2.17. The van der Waals surface area contributed by atoms with Gasteiger partial charge >= 0.3 is 0 Å². The number of rotatable bonds is 1. The van der Waals surface area contributed by atoms with Crippen LogP contribution in [0.3, 0.4) is 0 Å². The molecule has 4 atom stereocenters. The lowest BCUT2D eigenvalue weighted by Gasteiger charge is -2.40. The van der Waals surface area contributed by atoms with E-state index in [1.165, 1.54) is 0 Å². The molecule has 0 radical (unpaired) electrons. The number of hydrogen-bond acceptors (Lipinski definition) is 6. The Morgan fingerprint density at radius 3 is 2.42 bits per heavy atom. The van der Waals surface area contributed by atoms with Gasteiger partial charge in [-0.2, -0.15) is 0 Å². The van der Waals surface area contributed by atoms with Crippen molar-refractivity contribution in [3.8, 4) is 0 Å². The molecular formula is C6H12O6. The molecule has 1 saturated heterocycles. The van der Waals surface area contributed by atoms with Crippen molar-refractivity contribution < 1.29 is 30.3 Å². The smallest absolute Gasteiger partial charge is 0.218 e. The van der Waals surface area contributed by atoms with Crippen molar-refractivity contribution in [3.63, 3.8) is 0 Å². The first-order chi connectivity index (χ1) is 5.51. The maximum absolute atomic E-state index is 9.24. The third-order valence-electron chi connectivity index (χ3n) is 1.91. The Hall–Kier alpha value is -0.240. The normalized spacial score (nSPS) is 49.2. The van der Waals surface area contributed by atoms with E-state index in [0.29, 0.717) is 0 Å². The second-order valence-corrected chi connectivity index (χ2v) is 2.82. The molecule has 0 aromatic carbocycles. The van der Waals surface area contributed by atoms with Gasteiger partial charge in [-0.25, -0.2) is 0 Å². The summed E-state index contributed by atoms with van der Waals surface area (Å²) in [7, 11) is 0. The van der Waals surface area contributed by atoms with Crippen LogP contribution in [0.2, 0.25) is 0 Å². The van der Waals surface area contributed by atoms with Gasteiger partial charge in [0.15, 0.2) is 0 Å². The molecule has 0 saturated carbocycles. The van der Waals surface area contributed by atoms with Crippen LogP contribution in [0.25, 0.3) is 0 Å². The summed E-state index contributed by atoms with van der Waals surface area (Å²) in [6.07, 6.45) is -4.45. The summed E-state index contributed by atoms with van der Waals surface area (Å²) in [6.45, 7) is -1.16. The molecule has 1 heterocycles. The molecule has 72 valence electrons. The van der Waals surface area contributed by atoms with Crippen LogP contribution in [0.5, 0.6) is 0 Å². The quantitative estimate of drug-likeness (QED) is 0.273. The monoisotopic (exact) mass is 183 g/mol. The average molecular weight is 183 g/mol. The third-order valence-corrected chi connectivity index (χ3v) is 1.91. The molecule has 6 heteroatoms. The fourth-order valence-electron chi connectivity index (χ4n) is 1.03. The third kappa shape index (κ3) is 1.45. The summed E-state index contributed by atoms with van der Waals surface area (Å²) in [5, 5.41) is 45.0. The van der Waals surface area contributed by atoms with Crippen LogP contribution in [0.4, 0.5) is 0 Å². The molecule has 12 heavy (non-hydrogen) atoms. The molecule has 0 aromatic rings. The standard InChI is InChI=1S/C6H12O6/c7-2-6(11)5(10)4(9)3(8)1-12-6/h3-5,7-11H,1-2H2/t3-,4-,5+,6?/m1/s1/i2+1,5+1,6+1. The minimum absolute atomic E-state index is 0.324. The van der Waals surface area contributed by atoms with Gasteiger partial charge < -0.3 is 30.3 Å². The van der Waals surface area contributed by atoms with Gasteiger partial charge in [0, 0.05) is 0 Å². The van der Waals surface area contributed by atoms with E-state index in [4.69, 9.17) is 20.4 Å². The molecular weight excluding hydrogens is 171 g/mol. The highest BCUT2D eigenvalue weighted by Crippen LogP contribution is 2.22. The molecule has 0 aromatic heterocycles. The first-order valence-corrected chi connectivity index (χ1v) is 3.52. The van der Waals surface area contributed by atoms with Gasteiger partial charge in [0.25, 0.3) is 0 Å². The van der Waals surface area contributed by atoms with Crippen molar-refractivity contribution >= 4 is 0 Å². The maximum atomic E-state index is 9.24. The van der Waals surface area contributed by atoms with Crippen LogP contribution in [0.15, 0.2) is 0 Å². The van der Waals surface area contributed by atoms with Crippen LogP contribution in [-0.4, -0.2) is 62.8 Å². The van der Waals surface area contributed by atoms with E-state index in [1.807, 2.05) is 0 Å². The molecule has 5 N–H and O–H groups in total. The van der Waals surface area contributed by atoms with Gasteiger partial charge in [-0.3, -0.25) is 0 Å². The molecule has 1 fully saturated rings. The predicted octanol–water partition coefficient (Wildman–Crippen LogP) is -3.22. The lowest BCUT2D eigenvalue weighted by atomic mass is 10.2. The van der Waals surface area contributed by atoms with Gasteiger partial charge in [-0.1, -0.05) is 0 Å². The Morgan fingerprint density at radius 1 is 1.33 bits per heavy atom. The fourth-order valence-corrected chi connectivity index (χ4v) is 1.03. The first-order valence-electron chi connectivity index (χ1n) is 3.52. The maximum Gasteiger partial charge on any atom is 0.218 e. The van der Waals surface area contributed by atoms with Crippen LogP contribution in [-0.2, 0) is 4.74 Å². The van der Waals surface area contributed by atoms with Crippen molar-refractivity contribution in [3.05, 3.63) is 0 Å². The van der Waals surface area contributed by atoms with Crippen molar-refractivity contribution in [2.45, 2.75) is 24.1 Å². The van der Waals surface area contributed by atoms with Gasteiger partial charge in [-0.05, 0) is 0 Å². The Morgan fingerprint density at radius 2 is 1.92 bits per heavy atom. The summed E-state index contributed by atoms with van der Waals surface area (Å²) < 4.78 is 4.56. The second kappa shape index (κ2) is 3.25. The second-order valence-electron chi connectivity index (χ2n) is 2.82. The Bertz CT molecular complexity index is 162. The van der Waals surface area contributed by atoms with Crippen LogP contribution in [0, 0.1) is 0 Å². The van der Waals surface area contributed by atoms with Gasteiger partial charge in [0.1, 0.15) is 18.3 Å². The summed E-state index contributed by atoms with van der Waals surface area (Å²) in [6, 6.07) is 0. The molecule has 0 spiro atoms. The highest BCUT2D eigenvalue weighted by molar-refractivity contribution is 4.90. The molecule has 0 amide bonds. The van der Waals surface area contributed by atoms with Crippen molar-refractivity contribution in [1.29, 1.82) is 0 Å². The lowest BCUT2D eigenvalue weighted by Crippen LogP contribution is -2.62. The highest BCUT2D eigenvalue weighted by atomic mass is 16.8. The van der Waals surface area contributed by atoms with Crippen LogP contribution in [0.1, 0.15) is 0 Å². The van der Waals surface area contributed by atoms with Gasteiger partial charge in [-0.15, -0.1) is 0 Å². The zero-order chi connectivity index (χ0) is 9.35. The summed E-state index contributed by atoms with van der Waals surface area (Å²) in [5.74, 6) is -2.17. The number of ether oxygens (including phenoxy) is 1. The van der Waals surface area contributed by atoms with E-state index in [0.717, 1.165) is 0 Å². The molecule has 6 nitrogen and oxygen atoms in total. The van der Waals surface area contributed by atoms with Crippen molar-refractivity contribution in [1.82, 2.24) is 0 Å². The zero-order valence-electron chi connectivity index (χ0n) is 6.29. The molecule has 0 bridgehead atoms. The SMILES string of the molecule is O[13CH2][13C]1(O)OC[C@@H](O)[C@@H](O)[13C@@H]1O. The summed E-state index contributed by atoms with van der Waals surface area (Å²) in [5.41, 5.74) is 0. The molecule has 1 aliphatic heterocycles. The first kappa shape index (κ1) is 9.85. The topological polar surface area (TPSA) is 110 Å². The highest BCUT2D eigenvalue weighted by Gasteiger charge is 2.47. The van der Waals surface area contributed by atoms with E-state index < -0.39 is 30.7 Å². The molecule has 1 aliphatic rings. The fraction of sp³-hybridized carbons (Fsp3) is 1.00. The van der Waals surface area contributed by atoms with Crippen LogP contribution < -0.4 is 0 Å². The van der Waals surface area contributed by atoms with Gasteiger partial charge in [0.2, 0.25) is 5.79 Å².